The van der Waals surface area contributed by atoms with Crippen LogP contribution in [0.2, 0.25) is 0 Å². The minimum atomic E-state index is 0.252. The molecule has 1 aromatic carbocycles. The molecule has 5 nitrogen and oxygen atoms in total. The van der Waals surface area contributed by atoms with Crippen LogP contribution in [0.1, 0.15) is 43.4 Å². The molecule has 2 aromatic rings. The van der Waals surface area contributed by atoms with E-state index >= 15 is 0 Å². The maximum atomic E-state index is 12.7. The van der Waals surface area contributed by atoms with E-state index in [4.69, 9.17) is 0 Å². The summed E-state index contributed by atoms with van der Waals surface area (Å²) >= 11 is 0. The average Bonchev–Trinajstić information content (AvgIpc) is 3.03. The smallest absolute Gasteiger partial charge is 0.223 e. The van der Waals surface area contributed by atoms with Gasteiger partial charge >= 0.3 is 0 Å². The van der Waals surface area contributed by atoms with Crippen molar-refractivity contribution in [1.29, 1.82) is 0 Å². The van der Waals surface area contributed by atoms with Gasteiger partial charge in [0.2, 0.25) is 5.91 Å². The Labute approximate surface area is 149 Å². The minimum Gasteiger partial charge on any atom is -0.508 e. The topological polar surface area (TPSA) is 58.4 Å². The molecule has 1 atom stereocenters. The Balaban J connectivity index is 1.56. The quantitative estimate of drug-likeness (QED) is 0.878. The molecule has 1 unspecified atom stereocenters. The van der Waals surface area contributed by atoms with Crippen LogP contribution in [0.3, 0.4) is 0 Å². The summed E-state index contributed by atoms with van der Waals surface area (Å²) < 4.78 is 1.84. The predicted octanol–water partition coefficient (Wildman–Crippen LogP) is 3.07. The predicted molar refractivity (Wildman–Crippen MR) is 97.3 cm³/mol. The number of phenols is 1. The molecule has 0 bridgehead atoms. The Hall–Kier alpha value is -2.30. The number of phenolic OH excluding ortho intramolecular Hbond substituents is 1. The fraction of sp³-hybridized carbons (Fsp3) is 0.500. The zero-order valence-corrected chi connectivity index (χ0v) is 14.9. The van der Waals surface area contributed by atoms with Gasteiger partial charge in [0.25, 0.3) is 0 Å². The van der Waals surface area contributed by atoms with Crippen molar-refractivity contribution in [3.8, 4) is 5.75 Å². The summed E-state index contributed by atoms with van der Waals surface area (Å²) in [6.07, 6.45) is 8.28. The van der Waals surface area contributed by atoms with Gasteiger partial charge in [-0.15, -0.1) is 0 Å². The number of carbonyl (C=O) groups is 1. The van der Waals surface area contributed by atoms with Crippen molar-refractivity contribution in [2.75, 3.05) is 6.54 Å². The van der Waals surface area contributed by atoms with Crippen LogP contribution >= 0.6 is 0 Å². The first kappa shape index (κ1) is 17.5. The number of benzene rings is 1. The molecule has 1 N–H and O–H groups in total. The van der Waals surface area contributed by atoms with Crippen LogP contribution in [-0.2, 0) is 24.7 Å². The first-order valence-corrected chi connectivity index (χ1v) is 9.18. The van der Waals surface area contributed by atoms with E-state index in [2.05, 4.69) is 10.00 Å². The molecular formula is C20H27N3O2. The molecule has 5 heteroatoms. The Morgan fingerprint density at radius 2 is 2.16 bits per heavy atom. The zero-order valence-electron chi connectivity index (χ0n) is 14.9. The van der Waals surface area contributed by atoms with E-state index in [1.807, 2.05) is 36.0 Å². The molecule has 25 heavy (non-hydrogen) atoms. The number of aromatic nitrogens is 2. The van der Waals surface area contributed by atoms with Crippen molar-refractivity contribution >= 4 is 5.91 Å². The second kappa shape index (κ2) is 8.19. The summed E-state index contributed by atoms with van der Waals surface area (Å²) in [4.78, 5) is 14.8. The van der Waals surface area contributed by atoms with E-state index in [0.717, 1.165) is 49.9 Å². The van der Waals surface area contributed by atoms with Crippen LogP contribution in [0, 0.1) is 0 Å². The molecule has 2 heterocycles. The van der Waals surface area contributed by atoms with E-state index in [9.17, 15) is 9.90 Å². The van der Waals surface area contributed by atoms with Gasteiger partial charge in [-0.05, 0) is 62.3 Å². The van der Waals surface area contributed by atoms with Crippen LogP contribution in [0.5, 0.6) is 5.75 Å². The molecule has 1 saturated heterocycles. The fourth-order valence-electron chi connectivity index (χ4n) is 3.70. The number of carbonyl (C=O) groups excluding carboxylic acids is 1. The van der Waals surface area contributed by atoms with Crippen molar-refractivity contribution in [2.45, 2.75) is 51.0 Å². The highest BCUT2D eigenvalue weighted by molar-refractivity contribution is 5.76. The maximum absolute atomic E-state index is 12.7. The highest BCUT2D eigenvalue weighted by atomic mass is 16.3. The molecule has 134 valence electrons. The Bertz CT molecular complexity index is 710. The van der Waals surface area contributed by atoms with E-state index in [0.29, 0.717) is 18.2 Å². The van der Waals surface area contributed by atoms with Crippen molar-refractivity contribution in [3.05, 3.63) is 47.8 Å². The fourth-order valence-corrected chi connectivity index (χ4v) is 3.70. The first-order valence-electron chi connectivity index (χ1n) is 9.18. The molecule has 0 saturated carbocycles. The van der Waals surface area contributed by atoms with Gasteiger partial charge < -0.3 is 10.0 Å². The number of rotatable bonds is 6. The standard InChI is InChI=1S/C20H27N3O2/c1-22-17(12-13-21-22)10-11-20(25)23-14-3-2-6-18(23)9-8-16-5-4-7-19(24)15-16/h4-5,7,12-13,15,18,24H,2-3,6,8-11,14H2,1H3. The third kappa shape index (κ3) is 4.62. The summed E-state index contributed by atoms with van der Waals surface area (Å²) in [5.74, 6) is 0.562. The lowest BCUT2D eigenvalue weighted by Crippen LogP contribution is -2.44. The third-order valence-corrected chi connectivity index (χ3v) is 5.14. The van der Waals surface area contributed by atoms with Gasteiger partial charge in [0, 0.05) is 37.9 Å². The van der Waals surface area contributed by atoms with E-state index < -0.39 is 0 Å². The Morgan fingerprint density at radius 3 is 2.92 bits per heavy atom. The van der Waals surface area contributed by atoms with Gasteiger partial charge in [-0.1, -0.05) is 12.1 Å². The molecule has 1 amide bonds. The van der Waals surface area contributed by atoms with Gasteiger partial charge in [-0.2, -0.15) is 5.10 Å². The molecule has 3 rings (SSSR count). The second-order valence-corrected chi connectivity index (χ2v) is 6.89. The summed E-state index contributed by atoms with van der Waals surface area (Å²) in [6, 6.07) is 9.72. The van der Waals surface area contributed by atoms with Crippen LogP contribution in [0.4, 0.5) is 0 Å². The van der Waals surface area contributed by atoms with Crippen molar-refractivity contribution in [2.24, 2.45) is 7.05 Å². The molecule has 1 aromatic heterocycles. The number of aromatic hydroxyl groups is 1. The molecule has 1 aliphatic rings. The molecule has 0 radical (unpaired) electrons. The Morgan fingerprint density at radius 1 is 1.28 bits per heavy atom. The number of aryl methyl sites for hydroxylation is 3. The molecule has 0 aliphatic carbocycles. The third-order valence-electron chi connectivity index (χ3n) is 5.14. The molecule has 1 fully saturated rings. The van der Waals surface area contributed by atoms with Crippen LogP contribution < -0.4 is 0 Å². The number of likely N-dealkylation sites (tertiary alicyclic amines) is 1. The van der Waals surface area contributed by atoms with Gasteiger partial charge in [0.05, 0.1) is 0 Å². The van der Waals surface area contributed by atoms with Crippen molar-refractivity contribution in [3.63, 3.8) is 0 Å². The number of piperidine rings is 1. The molecular weight excluding hydrogens is 314 g/mol. The molecule has 1 aliphatic heterocycles. The first-order chi connectivity index (χ1) is 12.1. The van der Waals surface area contributed by atoms with Gasteiger partial charge in [0.15, 0.2) is 0 Å². The maximum Gasteiger partial charge on any atom is 0.223 e. The van der Waals surface area contributed by atoms with Gasteiger partial charge in [-0.3, -0.25) is 9.48 Å². The van der Waals surface area contributed by atoms with Crippen LogP contribution in [-0.4, -0.2) is 38.3 Å². The van der Waals surface area contributed by atoms with E-state index in [1.165, 1.54) is 6.42 Å². The van der Waals surface area contributed by atoms with E-state index in [1.54, 1.807) is 12.3 Å². The summed E-state index contributed by atoms with van der Waals surface area (Å²) in [5.41, 5.74) is 2.23. The molecule has 0 spiro atoms. The summed E-state index contributed by atoms with van der Waals surface area (Å²) in [6.45, 7) is 0.870. The highest BCUT2D eigenvalue weighted by Gasteiger charge is 2.26. The van der Waals surface area contributed by atoms with Gasteiger partial charge in [0.1, 0.15) is 5.75 Å². The largest absolute Gasteiger partial charge is 0.508 e. The van der Waals surface area contributed by atoms with Crippen LogP contribution in [0.15, 0.2) is 36.5 Å². The van der Waals surface area contributed by atoms with Crippen LogP contribution in [0.25, 0.3) is 0 Å². The Kier molecular flexibility index (Phi) is 5.74. The van der Waals surface area contributed by atoms with Gasteiger partial charge in [-0.25, -0.2) is 0 Å². The number of hydrogen-bond acceptors (Lipinski definition) is 3. The average molecular weight is 341 g/mol. The highest BCUT2D eigenvalue weighted by Crippen LogP contribution is 2.23. The van der Waals surface area contributed by atoms with Crippen molar-refractivity contribution in [1.82, 2.24) is 14.7 Å². The normalized spacial score (nSPS) is 17.6. The van der Waals surface area contributed by atoms with E-state index in [-0.39, 0.29) is 5.91 Å². The number of amides is 1. The lowest BCUT2D eigenvalue weighted by molar-refractivity contribution is -0.135. The summed E-state index contributed by atoms with van der Waals surface area (Å²) in [7, 11) is 1.92. The zero-order chi connectivity index (χ0) is 17.6. The second-order valence-electron chi connectivity index (χ2n) is 6.89. The monoisotopic (exact) mass is 341 g/mol. The lowest BCUT2D eigenvalue weighted by atomic mass is 9.95. The number of nitrogens with zero attached hydrogens (tertiary/aromatic N) is 3. The lowest BCUT2D eigenvalue weighted by Gasteiger charge is -2.36. The number of hydrogen-bond donors (Lipinski definition) is 1. The minimum absolute atomic E-state index is 0.252. The SMILES string of the molecule is Cn1nccc1CCC(=O)N1CCCCC1CCc1cccc(O)c1. The van der Waals surface area contributed by atoms with Crippen molar-refractivity contribution < 1.29 is 9.90 Å². The summed E-state index contributed by atoms with van der Waals surface area (Å²) in [5, 5.41) is 13.8.